The van der Waals surface area contributed by atoms with Gasteiger partial charge in [-0.1, -0.05) is 0 Å². The summed E-state index contributed by atoms with van der Waals surface area (Å²) >= 11 is 0. The predicted molar refractivity (Wildman–Crippen MR) is 62.9 cm³/mol. The molecule has 17 heavy (non-hydrogen) atoms. The maximum atomic E-state index is 11.9. The first kappa shape index (κ1) is 11.5. The molecule has 1 fully saturated rings. The summed E-state index contributed by atoms with van der Waals surface area (Å²) in [5.74, 6) is -0.00916. The number of rotatable bonds is 2. The molecule has 0 bridgehead atoms. The topological polar surface area (TPSA) is 75.5 Å². The zero-order chi connectivity index (χ0) is 12.4. The summed E-state index contributed by atoms with van der Waals surface area (Å²) in [6.45, 7) is 3.12. The molecule has 1 aromatic carbocycles. The van der Waals surface area contributed by atoms with Crippen LogP contribution in [0, 0.1) is 10.1 Å². The van der Waals surface area contributed by atoms with Crippen LogP contribution in [0.2, 0.25) is 0 Å². The molecule has 1 heterocycles. The quantitative estimate of drug-likeness (QED) is 0.611. The fraction of sp³-hybridized carbons (Fsp3) is 0.364. The number of hydrogen-bond acceptors (Lipinski definition) is 4. The van der Waals surface area contributed by atoms with E-state index in [0.717, 1.165) is 6.54 Å². The van der Waals surface area contributed by atoms with Crippen LogP contribution in [0.25, 0.3) is 0 Å². The van der Waals surface area contributed by atoms with Crippen LogP contribution in [0.1, 0.15) is 6.92 Å². The molecule has 0 saturated carbocycles. The lowest BCUT2D eigenvalue weighted by atomic mass is 10.2. The molecular formula is C11H13N3O3. The van der Waals surface area contributed by atoms with Gasteiger partial charge in [-0.15, -0.1) is 0 Å². The summed E-state index contributed by atoms with van der Waals surface area (Å²) in [5.41, 5.74) is 0.735. The Balaban J connectivity index is 2.22. The van der Waals surface area contributed by atoms with Gasteiger partial charge in [-0.3, -0.25) is 14.9 Å². The number of non-ortho nitro benzene ring substituents is 1. The number of nitro benzene ring substituents is 1. The third kappa shape index (κ3) is 2.26. The van der Waals surface area contributed by atoms with Crippen LogP contribution < -0.4 is 10.2 Å². The van der Waals surface area contributed by atoms with Gasteiger partial charge in [0.1, 0.15) is 0 Å². The zero-order valence-corrected chi connectivity index (χ0v) is 9.42. The van der Waals surface area contributed by atoms with Gasteiger partial charge in [0.05, 0.1) is 11.0 Å². The normalized spacial score (nSPS) is 20.4. The number of hydrogen-bond donors (Lipinski definition) is 1. The molecule has 0 aliphatic carbocycles. The van der Waals surface area contributed by atoms with Gasteiger partial charge < -0.3 is 10.2 Å². The minimum atomic E-state index is -0.452. The number of benzene rings is 1. The average Bonchev–Trinajstić information content (AvgIpc) is 2.33. The Morgan fingerprint density at radius 3 is 2.65 bits per heavy atom. The molecule has 6 nitrogen and oxygen atoms in total. The summed E-state index contributed by atoms with van der Waals surface area (Å²) in [6.07, 6.45) is 0. The molecule has 1 amide bonds. The Morgan fingerprint density at radius 1 is 1.41 bits per heavy atom. The van der Waals surface area contributed by atoms with Gasteiger partial charge in [0.2, 0.25) is 5.91 Å². The van der Waals surface area contributed by atoms with Gasteiger partial charge in [0.25, 0.3) is 5.69 Å². The molecule has 1 aromatic rings. The minimum absolute atomic E-state index is 0.00916. The highest BCUT2D eigenvalue weighted by Crippen LogP contribution is 2.20. The average molecular weight is 235 g/mol. The van der Waals surface area contributed by atoms with E-state index in [9.17, 15) is 14.9 Å². The van der Waals surface area contributed by atoms with Crippen molar-refractivity contribution in [3.63, 3.8) is 0 Å². The largest absolute Gasteiger partial charge is 0.310 e. The fourth-order valence-electron chi connectivity index (χ4n) is 1.83. The monoisotopic (exact) mass is 235 g/mol. The van der Waals surface area contributed by atoms with Gasteiger partial charge in [-0.25, -0.2) is 0 Å². The molecule has 0 spiro atoms. The Hall–Kier alpha value is -1.95. The minimum Gasteiger partial charge on any atom is -0.310 e. The van der Waals surface area contributed by atoms with Crippen LogP contribution >= 0.6 is 0 Å². The van der Waals surface area contributed by atoms with E-state index >= 15 is 0 Å². The Bertz CT molecular complexity index is 444. The highest BCUT2D eigenvalue weighted by molar-refractivity contribution is 5.97. The lowest BCUT2D eigenvalue weighted by Crippen LogP contribution is -2.53. The Labute approximate surface area is 98.4 Å². The molecule has 1 saturated heterocycles. The summed E-state index contributed by atoms with van der Waals surface area (Å²) in [6, 6.07) is 5.83. The second-order valence-electron chi connectivity index (χ2n) is 3.94. The molecule has 90 valence electrons. The van der Waals surface area contributed by atoms with E-state index in [0.29, 0.717) is 12.2 Å². The maximum absolute atomic E-state index is 11.9. The number of carbonyl (C=O) groups is 1. The van der Waals surface area contributed by atoms with Crippen molar-refractivity contribution in [2.24, 2.45) is 0 Å². The van der Waals surface area contributed by atoms with Crippen molar-refractivity contribution in [1.29, 1.82) is 0 Å². The molecule has 2 rings (SSSR count). The Kier molecular flexibility index (Phi) is 3.06. The van der Waals surface area contributed by atoms with Crippen LogP contribution in [-0.4, -0.2) is 30.0 Å². The fourth-order valence-corrected chi connectivity index (χ4v) is 1.83. The van der Waals surface area contributed by atoms with Gasteiger partial charge in [-0.05, 0) is 19.1 Å². The maximum Gasteiger partial charge on any atom is 0.269 e. The van der Waals surface area contributed by atoms with Crippen LogP contribution in [0.3, 0.4) is 0 Å². The van der Waals surface area contributed by atoms with Gasteiger partial charge in [0.15, 0.2) is 0 Å². The summed E-state index contributed by atoms with van der Waals surface area (Å²) in [4.78, 5) is 23.6. The first-order valence-electron chi connectivity index (χ1n) is 5.39. The van der Waals surface area contributed by atoms with Crippen molar-refractivity contribution in [1.82, 2.24) is 5.32 Å². The van der Waals surface area contributed by atoms with Gasteiger partial charge in [0, 0.05) is 30.9 Å². The summed E-state index contributed by atoms with van der Waals surface area (Å²) in [5, 5.41) is 13.6. The summed E-state index contributed by atoms with van der Waals surface area (Å²) < 4.78 is 0. The van der Waals surface area contributed by atoms with Crippen molar-refractivity contribution in [3.8, 4) is 0 Å². The third-order valence-corrected chi connectivity index (χ3v) is 2.79. The number of nitro groups is 1. The van der Waals surface area contributed by atoms with E-state index in [1.54, 1.807) is 24.0 Å². The number of amides is 1. The van der Waals surface area contributed by atoms with Crippen molar-refractivity contribution < 1.29 is 9.72 Å². The number of piperazine rings is 1. The van der Waals surface area contributed by atoms with Crippen molar-refractivity contribution >= 4 is 17.3 Å². The molecule has 1 N–H and O–H groups in total. The van der Waals surface area contributed by atoms with Crippen molar-refractivity contribution in [2.75, 3.05) is 18.0 Å². The van der Waals surface area contributed by atoms with Crippen LogP contribution in [0.5, 0.6) is 0 Å². The van der Waals surface area contributed by atoms with E-state index in [-0.39, 0.29) is 17.6 Å². The van der Waals surface area contributed by atoms with E-state index in [2.05, 4.69) is 5.32 Å². The van der Waals surface area contributed by atoms with Crippen molar-refractivity contribution in [2.45, 2.75) is 13.0 Å². The highest BCUT2D eigenvalue weighted by Gasteiger charge is 2.25. The van der Waals surface area contributed by atoms with Crippen LogP contribution in [-0.2, 0) is 4.79 Å². The van der Waals surface area contributed by atoms with Crippen LogP contribution in [0.15, 0.2) is 24.3 Å². The first-order valence-corrected chi connectivity index (χ1v) is 5.39. The van der Waals surface area contributed by atoms with E-state index in [1.165, 1.54) is 12.1 Å². The molecule has 1 atom stereocenters. The van der Waals surface area contributed by atoms with Gasteiger partial charge in [-0.2, -0.15) is 0 Å². The molecule has 0 radical (unpaired) electrons. The third-order valence-electron chi connectivity index (χ3n) is 2.79. The summed E-state index contributed by atoms with van der Waals surface area (Å²) in [7, 11) is 0. The van der Waals surface area contributed by atoms with E-state index in [4.69, 9.17) is 0 Å². The Morgan fingerprint density at radius 2 is 2.06 bits per heavy atom. The van der Waals surface area contributed by atoms with Crippen LogP contribution in [0.4, 0.5) is 11.4 Å². The van der Waals surface area contributed by atoms with E-state index in [1.807, 2.05) is 0 Å². The number of anilines is 1. The van der Waals surface area contributed by atoms with Crippen molar-refractivity contribution in [3.05, 3.63) is 34.4 Å². The molecular weight excluding hydrogens is 222 g/mol. The smallest absolute Gasteiger partial charge is 0.269 e. The molecule has 0 aromatic heterocycles. The zero-order valence-electron chi connectivity index (χ0n) is 9.42. The van der Waals surface area contributed by atoms with E-state index < -0.39 is 4.92 Å². The number of carbonyl (C=O) groups excluding carboxylic acids is 1. The number of nitrogens with zero attached hydrogens (tertiary/aromatic N) is 2. The van der Waals surface area contributed by atoms with Gasteiger partial charge >= 0.3 is 0 Å². The second-order valence-corrected chi connectivity index (χ2v) is 3.94. The number of nitrogens with one attached hydrogen (secondary N) is 1. The highest BCUT2D eigenvalue weighted by atomic mass is 16.6. The predicted octanol–water partition coefficient (Wildman–Crippen LogP) is 0.919. The molecule has 1 unspecified atom stereocenters. The first-order chi connectivity index (χ1) is 8.09. The molecule has 1 aliphatic heterocycles. The lowest BCUT2D eigenvalue weighted by Gasteiger charge is -2.31. The molecule has 1 aliphatic rings. The standard InChI is InChI=1S/C11H13N3O3/c1-8-11(15)13(7-6-12-8)9-2-4-10(5-3-9)14(16)17/h2-5,8,12H,6-7H2,1H3. The SMILES string of the molecule is CC1NCCN(c2ccc([N+](=O)[O-])cc2)C1=O. The molecule has 6 heteroatoms. The lowest BCUT2D eigenvalue weighted by molar-refractivity contribution is -0.384. The second kappa shape index (κ2) is 4.50.